The first-order valence-corrected chi connectivity index (χ1v) is 11.5. The summed E-state index contributed by atoms with van der Waals surface area (Å²) in [4.78, 5) is 2.58. The number of fused-ring (bicyclic) bond motifs is 6. The van der Waals surface area contributed by atoms with E-state index in [-0.39, 0.29) is 0 Å². The summed E-state index contributed by atoms with van der Waals surface area (Å²) in [5, 5.41) is 19.3. The number of rotatable bonds is 2. The van der Waals surface area contributed by atoms with Gasteiger partial charge in [0, 0.05) is 42.6 Å². The Kier molecular flexibility index (Phi) is 4.03. The number of hydrazone groups is 1. The molecule has 2 aromatic carbocycles. The van der Waals surface area contributed by atoms with Crippen molar-refractivity contribution in [2.24, 2.45) is 5.10 Å². The molecule has 0 saturated carbocycles. The molecule has 5 heterocycles. The molecule has 4 aliphatic rings. The van der Waals surface area contributed by atoms with E-state index >= 15 is 0 Å². The summed E-state index contributed by atoms with van der Waals surface area (Å²) in [6.07, 6.45) is 4.61. The molecule has 2 saturated heterocycles. The Labute approximate surface area is 192 Å². The maximum absolute atomic E-state index is 9.11. The summed E-state index contributed by atoms with van der Waals surface area (Å²) in [5.41, 5.74) is 13.7. The van der Waals surface area contributed by atoms with Gasteiger partial charge in [0.2, 0.25) is 0 Å². The Morgan fingerprint density at radius 3 is 2.82 bits per heavy atom. The monoisotopic (exact) mass is 436 g/mol. The van der Waals surface area contributed by atoms with Gasteiger partial charge in [0.15, 0.2) is 5.84 Å². The van der Waals surface area contributed by atoms with Crippen LogP contribution >= 0.6 is 0 Å². The van der Waals surface area contributed by atoms with E-state index in [4.69, 9.17) is 5.26 Å². The lowest BCUT2D eigenvalue weighted by atomic mass is 10.1. The normalized spacial score (nSPS) is 22.6. The predicted molar refractivity (Wildman–Crippen MR) is 128 cm³/mol. The number of nitrogens with one attached hydrogen (secondary N) is 3. The van der Waals surface area contributed by atoms with Crippen molar-refractivity contribution in [1.29, 1.82) is 5.26 Å². The Bertz CT molecular complexity index is 1320. The second kappa shape index (κ2) is 7.10. The molecule has 164 valence electrons. The molecule has 0 aliphatic carbocycles. The third-order valence-electron chi connectivity index (χ3n) is 7.38. The molecule has 0 amide bonds. The Morgan fingerprint density at radius 1 is 1.03 bits per heavy atom. The second-order valence-corrected chi connectivity index (χ2v) is 9.14. The van der Waals surface area contributed by atoms with Crippen molar-refractivity contribution in [3.05, 3.63) is 71.5 Å². The lowest BCUT2D eigenvalue weighted by Crippen LogP contribution is -2.41. The summed E-state index contributed by atoms with van der Waals surface area (Å²) >= 11 is 0. The second-order valence-electron chi connectivity index (χ2n) is 9.14. The fourth-order valence-corrected chi connectivity index (χ4v) is 5.77. The summed E-state index contributed by atoms with van der Waals surface area (Å²) in [6.45, 7) is 2.99. The first-order valence-electron chi connectivity index (χ1n) is 11.5. The molecule has 2 fully saturated rings. The van der Waals surface area contributed by atoms with Gasteiger partial charge in [0.1, 0.15) is 0 Å². The molecular formula is C25H24N8. The van der Waals surface area contributed by atoms with E-state index in [1.807, 2.05) is 29.3 Å². The zero-order chi connectivity index (χ0) is 21.9. The first kappa shape index (κ1) is 18.7. The van der Waals surface area contributed by atoms with Gasteiger partial charge in [0.05, 0.1) is 23.0 Å². The number of hydrogen-bond donors (Lipinski definition) is 3. The smallest absolute Gasteiger partial charge is 0.194 e. The number of amidine groups is 1. The number of hydrogen-bond acceptors (Lipinski definition) is 7. The number of nitriles is 1. The molecule has 33 heavy (non-hydrogen) atoms. The van der Waals surface area contributed by atoms with Crippen molar-refractivity contribution in [3.8, 4) is 17.2 Å². The number of aromatic nitrogens is 1. The van der Waals surface area contributed by atoms with Gasteiger partial charge in [-0.2, -0.15) is 5.26 Å². The van der Waals surface area contributed by atoms with Crippen LogP contribution in [0.25, 0.3) is 11.1 Å². The van der Waals surface area contributed by atoms with Gasteiger partial charge in [-0.15, -0.1) is 10.6 Å². The van der Waals surface area contributed by atoms with Gasteiger partial charge >= 0.3 is 0 Å². The molecule has 7 rings (SSSR count). The molecular weight excluding hydrogens is 412 g/mol. The van der Waals surface area contributed by atoms with E-state index in [0.717, 1.165) is 48.0 Å². The van der Waals surface area contributed by atoms with Crippen LogP contribution in [0.1, 0.15) is 29.7 Å². The van der Waals surface area contributed by atoms with Crippen molar-refractivity contribution in [3.63, 3.8) is 0 Å². The predicted octanol–water partition coefficient (Wildman–Crippen LogP) is 2.52. The SMILES string of the molecule is N#Cc1ccc(-c2cc3n(c2)Cc2cc(N4CC[C@H]5NCCC54)ccc2N2NNN=C32)cc1. The van der Waals surface area contributed by atoms with E-state index in [2.05, 4.69) is 67.5 Å². The highest BCUT2D eigenvalue weighted by Gasteiger charge is 2.38. The number of benzene rings is 2. The van der Waals surface area contributed by atoms with Gasteiger partial charge in [-0.25, -0.2) is 10.5 Å². The van der Waals surface area contributed by atoms with Gasteiger partial charge in [-0.1, -0.05) is 12.1 Å². The Hall–Kier alpha value is -3.80. The third-order valence-corrected chi connectivity index (χ3v) is 7.38. The lowest BCUT2D eigenvalue weighted by molar-refractivity contribution is 0.601. The van der Waals surface area contributed by atoms with Crippen molar-refractivity contribution in [2.75, 3.05) is 23.0 Å². The molecule has 8 nitrogen and oxygen atoms in total. The van der Waals surface area contributed by atoms with Crippen molar-refractivity contribution >= 4 is 17.2 Å². The maximum atomic E-state index is 9.11. The van der Waals surface area contributed by atoms with Crippen LogP contribution in [0.4, 0.5) is 11.4 Å². The zero-order valence-electron chi connectivity index (χ0n) is 18.1. The average molecular weight is 437 g/mol. The number of nitrogens with zero attached hydrogens (tertiary/aromatic N) is 5. The standard InChI is InChI=1S/C25H24N8/c26-13-16-1-3-17(4-2-16)18-12-24-25-28-29-30-33(25)22-6-5-20(11-19(22)15-31(24)14-18)32-10-8-21-23(32)7-9-27-21/h1-6,11-12,14,21,23,27,29-30H,7-10,15H2/t21-,23?/m1/s1. The Morgan fingerprint density at radius 2 is 1.94 bits per heavy atom. The highest BCUT2D eigenvalue weighted by Crippen LogP contribution is 2.36. The minimum absolute atomic E-state index is 0.600. The molecule has 0 radical (unpaired) electrons. The van der Waals surface area contributed by atoms with Crippen LogP contribution in [0.15, 0.2) is 59.8 Å². The van der Waals surface area contributed by atoms with Gasteiger partial charge < -0.3 is 14.8 Å². The van der Waals surface area contributed by atoms with E-state index < -0.39 is 0 Å². The highest BCUT2D eigenvalue weighted by molar-refractivity contribution is 6.10. The van der Waals surface area contributed by atoms with Crippen molar-refractivity contribution in [1.82, 2.24) is 21.0 Å². The summed E-state index contributed by atoms with van der Waals surface area (Å²) < 4.78 is 2.27. The van der Waals surface area contributed by atoms with Crippen LogP contribution in [0.2, 0.25) is 0 Å². The topological polar surface area (TPSA) is 83.7 Å². The van der Waals surface area contributed by atoms with Gasteiger partial charge in [0.25, 0.3) is 0 Å². The molecule has 3 aromatic rings. The van der Waals surface area contributed by atoms with E-state index in [1.54, 1.807) is 0 Å². The summed E-state index contributed by atoms with van der Waals surface area (Å²) in [6, 6.07) is 20.1. The molecule has 4 aliphatic heterocycles. The highest BCUT2D eigenvalue weighted by atomic mass is 15.8. The molecule has 1 aromatic heterocycles. The quantitative estimate of drug-likeness (QED) is 0.573. The van der Waals surface area contributed by atoms with E-state index in [0.29, 0.717) is 17.6 Å². The lowest BCUT2D eigenvalue weighted by Gasteiger charge is -2.27. The molecule has 2 atom stereocenters. The van der Waals surface area contributed by atoms with E-state index in [1.165, 1.54) is 24.1 Å². The minimum atomic E-state index is 0.600. The molecule has 0 bridgehead atoms. The summed E-state index contributed by atoms with van der Waals surface area (Å²) in [7, 11) is 0. The van der Waals surface area contributed by atoms with E-state index in [9.17, 15) is 0 Å². The zero-order valence-corrected chi connectivity index (χ0v) is 18.1. The minimum Gasteiger partial charge on any atom is -0.367 e. The molecule has 0 spiro atoms. The molecule has 1 unspecified atom stereocenters. The fraction of sp³-hybridized carbons (Fsp3) is 0.280. The summed E-state index contributed by atoms with van der Waals surface area (Å²) in [5.74, 6) is 0.850. The first-order chi connectivity index (χ1) is 16.3. The number of anilines is 2. The van der Waals surface area contributed by atoms with Crippen molar-refractivity contribution < 1.29 is 0 Å². The van der Waals surface area contributed by atoms with Crippen LogP contribution in [0.5, 0.6) is 0 Å². The number of hydrazine groups is 2. The molecule has 3 N–H and O–H groups in total. The van der Waals surface area contributed by atoms with Crippen molar-refractivity contribution in [2.45, 2.75) is 31.5 Å². The van der Waals surface area contributed by atoms with Gasteiger partial charge in [-0.05, 0) is 66.9 Å². The largest absolute Gasteiger partial charge is 0.367 e. The van der Waals surface area contributed by atoms with Crippen LogP contribution in [-0.2, 0) is 6.54 Å². The van der Waals surface area contributed by atoms with Crippen LogP contribution < -0.4 is 26.3 Å². The van der Waals surface area contributed by atoms with Crippen LogP contribution in [-0.4, -0.2) is 35.6 Å². The Balaban J connectivity index is 1.29. The maximum Gasteiger partial charge on any atom is 0.194 e. The van der Waals surface area contributed by atoms with Crippen LogP contribution in [0, 0.1) is 11.3 Å². The van der Waals surface area contributed by atoms with Crippen LogP contribution in [0.3, 0.4) is 0 Å². The fourth-order valence-electron chi connectivity index (χ4n) is 5.77. The average Bonchev–Trinajstić information content (AvgIpc) is 3.62. The molecule has 8 heteroatoms. The third kappa shape index (κ3) is 2.86. The van der Waals surface area contributed by atoms with Gasteiger partial charge in [-0.3, -0.25) is 0 Å².